The Balaban J connectivity index is 2.16. The smallest absolute Gasteiger partial charge is 0.224 e. The van der Waals surface area contributed by atoms with Crippen molar-refractivity contribution >= 4 is 26.3 Å². The molecule has 1 N–H and O–H groups in total. The second-order valence-electron chi connectivity index (χ2n) is 4.56. The molecule has 0 heterocycles. The zero-order chi connectivity index (χ0) is 17.6. The standard InChI is InChI=1S/C14H13O7P2S/c15-22(16)21-23(17)20-10-11-24(18,19)14-9-5-4-8-13(14)12-6-2-1-3-7-12/h1-9H,10-11H2/q+1/p+1. The minimum absolute atomic E-state index is 0.129. The lowest BCUT2D eigenvalue weighted by Gasteiger charge is -2.09. The third kappa shape index (κ3) is 5.24. The summed E-state index contributed by atoms with van der Waals surface area (Å²) in [5.41, 5.74) is 1.31. The van der Waals surface area contributed by atoms with Crippen LogP contribution in [0, 0.1) is 0 Å². The molecule has 2 aromatic carbocycles. The van der Waals surface area contributed by atoms with Crippen LogP contribution in [0.25, 0.3) is 11.1 Å². The zero-order valence-corrected chi connectivity index (χ0v) is 14.9. The Morgan fingerprint density at radius 1 is 0.958 bits per heavy atom. The first-order valence-electron chi connectivity index (χ1n) is 6.72. The van der Waals surface area contributed by atoms with Gasteiger partial charge in [0, 0.05) is 14.7 Å². The molecule has 7 nitrogen and oxygen atoms in total. The highest BCUT2D eigenvalue weighted by molar-refractivity contribution is 7.91. The average molecular weight is 388 g/mol. The predicted octanol–water partition coefficient (Wildman–Crippen LogP) is 3.47. The van der Waals surface area contributed by atoms with Gasteiger partial charge in [-0.25, -0.2) is 8.42 Å². The molecule has 2 rings (SSSR count). The topological polar surface area (TPSA) is 107 Å². The zero-order valence-electron chi connectivity index (χ0n) is 12.3. The third-order valence-corrected chi connectivity index (χ3v) is 6.21. The summed E-state index contributed by atoms with van der Waals surface area (Å²) in [6.07, 6.45) is 0. The van der Waals surface area contributed by atoms with Crippen LogP contribution in [0.4, 0.5) is 0 Å². The van der Waals surface area contributed by atoms with E-state index < -0.39 is 38.7 Å². The second-order valence-corrected chi connectivity index (χ2v) is 8.47. The Hall–Kier alpha value is -1.53. The second kappa shape index (κ2) is 8.53. The van der Waals surface area contributed by atoms with Gasteiger partial charge >= 0.3 is 16.5 Å². The van der Waals surface area contributed by atoms with Gasteiger partial charge in [-0.3, -0.25) is 0 Å². The molecule has 0 saturated carbocycles. The molecule has 0 spiro atoms. The van der Waals surface area contributed by atoms with E-state index in [4.69, 9.17) is 4.89 Å². The summed E-state index contributed by atoms with van der Waals surface area (Å²) in [7, 11) is -9.62. The van der Waals surface area contributed by atoms with Crippen molar-refractivity contribution < 1.29 is 31.3 Å². The summed E-state index contributed by atoms with van der Waals surface area (Å²) in [4.78, 5) is 8.56. The maximum absolute atomic E-state index is 12.5. The normalized spacial score (nSPS) is 12.7. The maximum Gasteiger partial charge on any atom is 0.747 e. The summed E-state index contributed by atoms with van der Waals surface area (Å²) < 4.78 is 55.1. The lowest BCUT2D eigenvalue weighted by atomic mass is 10.1. The van der Waals surface area contributed by atoms with Crippen LogP contribution in [-0.2, 0) is 27.8 Å². The minimum Gasteiger partial charge on any atom is -0.224 e. The number of hydrogen-bond donors (Lipinski definition) is 1. The van der Waals surface area contributed by atoms with E-state index in [0.29, 0.717) is 5.56 Å². The molecule has 0 fully saturated rings. The summed E-state index contributed by atoms with van der Waals surface area (Å²) in [6, 6.07) is 15.6. The molecule has 0 aliphatic rings. The van der Waals surface area contributed by atoms with Crippen LogP contribution in [0.15, 0.2) is 59.5 Å². The minimum atomic E-state index is -3.71. The molecule has 0 radical (unpaired) electrons. The molecule has 0 amide bonds. The van der Waals surface area contributed by atoms with E-state index in [1.165, 1.54) is 6.07 Å². The van der Waals surface area contributed by atoms with Gasteiger partial charge in [-0.2, -0.15) is 0 Å². The lowest BCUT2D eigenvalue weighted by molar-refractivity contribution is 0.295. The first kappa shape index (κ1) is 18.8. The van der Waals surface area contributed by atoms with E-state index in [0.717, 1.165) is 5.56 Å². The summed E-state index contributed by atoms with van der Waals surface area (Å²) in [5, 5.41) is 0. The Kier molecular flexibility index (Phi) is 6.69. The van der Waals surface area contributed by atoms with Gasteiger partial charge in [0.25, 0.3) is 0 Å². The van der Waals surface area contributed by atoms with Gasteiger partial charge < -0.3 is 0 Å². The molecule has 0 aliphatic heterocycles. The van der Waals surface area contributed by atoms with E-state index in [9.17, 15) is 17.5 Å². The highest BCUT2D eigenvalue weighted by Gasteiger charge is 2.37. The molecular weight excluding hydrogens is 374 g/mol. The van der Waals surface area contributed by atoms with E-state index in [-0.39, 0.29) is 4.90 Å². The largest absolute Gasteiger partial charge is 0.747 e. The molecule has 0 aliphatic carbocycles. The van der Waals surface area contributed by atoms with Gasteiger partial charge in [0.15, 0.2) is 14.1 Å². The summed E-state index contributed by atoms with van der Waals surface area (Å²) >= 11 is 0. The molecule has 10 heteroatoms. The van der Waals surface area contributed by atoms with Crippen LogP contribution >= 0.6 is 16.5 Å². The first-order valence-corrected chi connectivity index (χ1v) is 10.6. The van der Waals surface area contributed by atoms with Crippen molar-refractivity contribution in [1.82, 2.24) is 0 Å². The van der Waals surface area contributed by atoms with Crippen molar-refractivity contribution in [2.24, 2.45) is 0 Å². The molecule has 2 aromatic rings. The highest BCUT2D eigenvalue weighted by atomic mass is 32.2. The quantitative estimate of drug-likeness (QED) is 0.690. The summed E-state index contributed by atoms with van der Waals surface area (Å²) in [6.45, 7) is -0.427. The molecule has 0 bridgehead atoms. The first-order chi connectivity index (χ1) is 11.4. The number of benzene rings is 2. The fraction of sp³-hybridized carbons (Fsp3) is 0.143. The van der Waals surface area contributed by atoms with Gasteiger partial charge in [0.2, 0.25) is 0 Å². The number of rotatable bonds is 8. The van der Waals surface area contributed by atoms with Crippen molar-refractivity contribution in [3.8, 4) is 11.1 Å². The summed E-state index contributed by atoms with van der Waals surface area (Å²) in [5.74, 6) is -0.441. The SMILES string of the molecule is O=[P+](O)O[P+](=O)OCCS(=O)(=O)c1ccccc1-c1ccccc1. The van der Waals surface area contributed by atoms with Crippen LogP contribution in [0.3, 0.4) is 0 Å². The van der Waals surface area contributed by atoms with E-state index >= 15 is 0 Å². The van der Waals surface area contributed by atoms with Crippen LogP contribution in [0.5, 0.6) is 0 Å². The molecule has 126 valence electrons. The fourth-order valence-corrected chi connectivity index (χ4v) is 4.34. The van der Waals surface area contributed by atoms with Gasteiger partial charge in [-0.05, 0) is 11.6 Å². The van der Waals surface area contributed by atoms with Crippen molar-refractivity contribution in [3.05, 3.63) is 54.6 Å². The lowest BCUT2D eigenvalue weighted by Crippen LogP contribution is -2.12. The van der Waals surface area contributed by atoms with E-state index in [1.807, 2.05) is 6.07 Å². The molecule has 2 unspecified atom stereocenters. The van der Waals surface area contributed by atoms with Gasteiger partial charge in [-0.15, -0.1) is 9.42 Å². The van der Waals surface area contributed by atoms with Crippen molar-refractivity contribution in [1.29, 1.82) is 0 Å². The van der Waals surface area contributed by atoms with Gasteiger partial charge in [0.05, 0.1) is 10.6 Å². The Morgan fingerprint density at radius 3 is 2.25 bits per heavy atom. The van der Waals surface area contributed by atoms with Gasteiger partial charge in [-0.1, -0.05) is 48.5 Å². The predicted molar refractivity (Wildman–Crippen MR) is 88.4 cm³/mol. The number of sulfone groups is 1. The highest BCUT2D eigenvalue weighted by Crippen LogP contribution is 2.36. The Morgan fingerprint density at radius 2 is 1.58 bits per heavy atom. The average Bonchev–Trinajstić information content (AvgIpc) is 2.55. The molecular formula is C14H14O7P2S+2. The number of hydrogen-bond acceptors (Lipinski definition) is 6. The van der Waals surface area contributed by atoms with Crippen molar-refractivity contribution in [3.63, 3.8) is 0 Å². The molecule has 24 heavy (non-hydrogen) atoms. The van der Waals surface area contributed by atoms with Gasteiger partial charge in [0.1, 0.15) is 6.61 Å². The maximum atomic E-state index is 12.5. The van der Waals surface area contributed by atoms with E-state index in [1.54, 1.807) is 42.5 Å². The molecule has 0 aromatic heterocycles. The van der Waals surface area contributed by atoms with Crippen LogP contribution in [-0.4, -0.2) is 25.7 Å². The fourth-order valence-electron chi connectivity index (χ4n) is 2.01. The third-order valence-electron chi connectivity index (χ3n) is 2.99. The monoisotopic (exact) mass is 388 g/mol. The van der Waals surface area contributed by atoms with Crippen molar-refractivity contribution in [2.75, 3.05) is 12.4 Å². The van der Waals surface area contributed by atoms with Crippen LogP contribution < -0.4 is 0 Å². The van der Waals surface area contributed by atoms with E-state index in [2.05, 4.69) is 8.83 Å². The van der Waals surface area contributed by atoms with Crippen LogP contribution in [0.1, 0.15) is 0 Å². The Labute approximate surface area is 141 Å². The molecule has 2 atom stereocenters. The van der Waals surface area contributed by atoms with Crippen LogP contribution in [0.2, 0.25) is 0 Å². The van der Waals surface area contributed by atoms with Crippen molar-refractivity contribution in [2.45, 2.75) is 4.90 Å². The Bertz CT molecular complexity index is 837. The molecule has 0 saturated heterocycles.